The summed E-state index contributed by atoms with van der Waals surface area (Å²) in [4.78, 5) is 11.7. The molecule has 0 unspecified atom stereocenters. The number of nitro benzene ring substituents is 1. The third-order valence-corrected chi connectivity index (χ3v) is 2.48. The summed E-state index contributed by atoms with van der Waals surface area (Å²) in [5, 5.41) is 10.5. The molecule has 0 saturated heterocycles. The van der Waals surface area contributed by atoms with Crippen LogP contribution in [0, 0.1) is 15.9 Å². The molecule has 0 aromatic heterocycles. The lowest BCUT2D eigenvalue weighted by Gasteiger charge is -2.16. The average molecular weight is 256 g/mol. The molecule has 0 fully saturated rings. The Hall–Kier alpha value is -1.53. The Morgan fingerprint density at radius 2 is 2.22 bits per heavy atom. The van der Waals surface area contributed by atoms with Crippen molar-refractivity contribution < 1.29 is 14.1 Å². The van der Waals surface area contributed by atoms with Crippen molar-refractivity contribution in [1.82, 2.24) is 4.90 Å². The van der Waals surface area contributed by atoms with Crippen molar-refractivity contribution in [2.45, 2.75) is 13.5 Å². The van der Waals surface area contributed by atoms with E-state index < -0.39 is 16.4 Å². The van der Waals surface area contributed by atoms with E-state index >= 15 is 0 Å². The molecular formula is C12H17FN2O3. The molecule has 1 aromatic rings. The quantitative estimate of drug-likeness (QED) is 0.426. The van der Waals surface area contributed by atoms with Gasteiger partial charge in [-0.05, 0) is 25.6 Å². The minimum Gasteiger partial charge on any atom is -0.380 e. The van der Waals surface area contributed by atoms with Crippen molar-refractivity contribution in [3.05, 3.63) is 39.7 Å². The van der Waals surface area contributed by atoms with Gasteiger partial charge >= 0.3 is 5.69 Å². The molecule has 0 amide bonds. The number of hydrogen-bond donors (Lipinski definition) is 0. The first kappa shape index (κ1) is 14.5. The van der Waals surface area contributed by atoms with Crippen LogP contribution in [0.15, 0.2) is 18.2 Å². The van der Waals surface area contributed by atoms with Crippen molar-refractivity contribution in [3.8, 4) is 0 Å². The summed E-state index contributed by atoms with van der Waals surface area (Å²) >= 11 is 0. The highest BCUT2D eigenvalue weighted by atomic mass is 19.1. The van der Waals surface area contributed by atoms with Crippen LogP contribution in [0.3, 0.4) is 0 Å². The second kappa shape index (κ2) is 7.03. The summed E-state index contributed by atoms with van der Waals surface area (Å²) in [6.45, 7) is 4.46. The zero-order valence-electron chi connectivity index (χ0n) is 10.6. The average Bonchev–Trinajstić information content (AvgIpc) is 2.28. The van der Waals surface area contributed by atoms with Crippen LogP contribution in [-0.4, -0.2) is 36.6 Å². The van der Waals surface area contributed by atoms with Gasteiger partial charge in [-0.1, -0.05) is 6.07 Å². The fraction of sp³-hybridized carbons (Fsp3) is 0.500. The van der Waals surface area contributed by atoms with Gasteiger partial charge in [-0.3, -0.25) is 15.0 Å². The third-order valence-electron chi connectivity index (χ3n) is 2.48. The molecule has 0 atom stereocenters. The van der Waals surface area contributed by atoms with Crippen LogP contribution in [0.1, 0.15) is 12.5 Å². The largest absolute Gasteiger partial charge is 0.380 e. The topological polar surface area (TPSA) is 55.6 Å². The Morgan fingerprint density at radius 1 is 1.50 bits per heavy atom. The summed E-state index contributed by atoms with van der Waals surface area (Å²) in [7, 11) is 1.89. The van der Waals surface area contributed by atoms with E-state index in [1.807, 2.05) is 18.9 Å². The first-order valence-corrected chi connectivity index (χ1v) is 5.73. The van der Waals surface area contributed by atoms with Gasteiger partial charge in [-0.25, -0.2) is 0 Å². The van der Waals surface area contributed by atoms with Crippen LogP contribution in [-0.2, 0) is 11.3 Å². The predicted octanol–water partition coefficient (Wildman–Crippen LogP) is 2.20. The van der Waals surface area contributed by atoms with Crippen molar-refractivity contribution in [3.63, 3.8) is 0 Å². The van der Waals surface area contributed by atoms with Gasteiger partial charge in [0.25, 0.3) is 0 Å². The van der Waals surface area contributed by atoms with Crippen LogP contribution >= 0.6 is 0 Å². The highest BCUT2D eigenvalue weighted by Gasteiger charge is 2.14. The second-order valence-corrected chi connectivity index (χ2v) is 3.98. The van der Waals surface area contributed by atoms with E-state index in [-0.39, 0.29) is 0 Å². The predicted molar refractivity (Wildman–Crippen MR) is 65.9 cm³/mol. The number of benzene rings is 1. The van der Waals surface area contributed by atoms with Gasteiger partial charge in [0.15, 0.2) is 0 Å². The van der Waals surface area contributed by atoms with Crippen molar-refractivity contribution in [2.24, 2.45) is 0 Å². The maximum Gasteiger partial charge on any atom is 0.304 e. The van der Waals surface area contributed by atoms with Crippen molar-refractivity contribution in [2.75, 3.05) is 26.8 Å². The number of ether oxygens (including phenoxy) is 1. The highest BCUT2D eigenvalue weighted by Crippen LogP contribution is 2.18. The fourth-order valence-corrected chi connectivity index (χ4v) is 1.55. The van der Waals surface area contributed by atoms with Crippen LogP contribution in [0.25, 0.3) is 0 Å². The SMILES string of the molecule is CCOCCN(C)Cc1ccc([N+](=O)[O-])c(F)c1. The van der Waals surface area contributed by atoms with Crippen LogP contribution in [0.2, 0.25) is 0 Å². The zero-order chi connectivity index (χ0) is 13.5. The summed E-state index contributed by atoms with van der Waals surface area (Å²) in [5.41, 5.74) is 0.216. The van der Waals surface area contributed by atoms with Gasteiger partial charge in [-0.2, -0.15) is 4.39 Å². The number of halogens is 1. The van der Waals surface area contributed by atoms with E-state index in [0.717, 1.165) is 6.54 Å². The standard InChI is InChI=1S/C12H17FN2O3/c1-3-18-7-6-14(2)9-10-4-5-12(15(16)17)11(13)8-10/h4-5,8H,3,6-7,9H2,1-2H3. The number of nitrogens with zero attached hydrogens (tertiary/aromatic N) is 2. The van der Waals surface area contributed by atoms with Crippen molar-refractivity contribution >= 4 is 5.69 Å². The van der Waals surface area contributed by atoms with Gasteiger partial charge in [0.2, 0.25) is 5.82 Å². The molecule has 0 spiro atoms. The van der Waals surface area contributed by atoms with Crippen LogP contribution in [0.4, 0.5) is 10.1 Å². The maximum atomic E-state index is 13.4. The number of nitro groups is 1. The number of rotatable bonds is 7. The summed E-state index contributed by atoms with van der Waals surface area (Å²) in [5.74, 6) is -0.796. The van der Waals surface area contributed by atoms with E-state index in [2.05, 4.69) is 0 Å². The van der Waals surface area contributed by atoms with Crippen molar-refractivity contribution in [1.29, 1.82) is 0 Å². The molecule has 0 aliphatic rings. The molecule has 0 saturated carbocycles. The summed E-state index contributed by atoms with van der Waals surface area (Å²) in [6, 6.07) is 3.97. The molecule has 0 bridgehead atoms. The van der Waals surface area contributed by atoms with E-state index in [9.17, 15) is 14.5 Å². The molecule has 0 aliphatic heterocycles. The first-order chi connectivity index (χ1) is 8.54. The molecular weight excluding hydrogens is 239 g/mol. The van der Waals surface area contributed by atoms with E-state index in [1.165, 1.54) is 12.1 Å². The van der Waals surface area contributed by atoms with Crippen LogP contribution in [0.5, 0.6) is 0 Å². The van der Waals surface area contributed by atoms with Gasteiger partial charge in [0.1, 0.15) is 0 Å². The molecule has 0 radical (unpaired) electrons. The van der Waals surface area contributed by atoms with Crippen LogP contribution < -0.4 is 0 Å². The Balaban J connectivity index is 2.57. The monoisotopic (exact) mass is 256 g/mol. The Labute approximate surface area is 105 Å². The van der Waals surface area contributed by atoms with Gasteiger partial charge in [0, 0.05) is 25.8 Å². The lowest BCUT2D eigenvalue weighted by atomic mass is 10.2. The van der Waals surface area contributed by atoms with E-state index in [0.29, 0.717) is 25.3 Å². The smallest absolute Gasteiger partial charge is 0.304 e. The van der Waals surface area contributed by atoms with E-state index in [1.54, 1.807) is 6.07 Å². The fourth-order valence-electron chi connectivity index (χ4n) is 1.55. The summed E-state index contributed by atoms with van der Waals surface area (Å²) < 4.78 is 18.6. The lowest BCUT2D eigenvalue weighted by Crippen LogP contribution is -2.22. The Bertz CT molecular complexity index is 412. The maximum absolute atomic E-state index is 13.4. The highest BCUT2D eigenvalue weighted by molar-refractivity contribution is 5.34. The second-order valence-electron chi connectivity index (χ2n) is 3.98. The molecule has 1 rings (SSSR count). The third kappa shape index (κ3) is 4.38. The molecule has 100 valence electrons. The molecule has 0 heterocycles. The minimum absolute atomic E-state index is 0.490. The number of likely N-dealkylation sites (N-methyl/N-ethyl adjacent to an activating group) is 1. The molecule has 1 aromatic carbocycles. The molecule has 0 N–H and O–H groups in total. The van der Waals surface area contributed by atoms with Gasteiger partial charge in [0.05, 0.1) is 11.5 Å². The number of hydrogen-bond acceptors (Lipinski definition) is 4. The van der Waals surface area contributed by atoms with Gasteiger partial charge in [-0.15, -0.1) is 0 Å². The Kier molecular flexibility index (Phi) is 5.67. The van der Waals surface area contributed by atoms with Gasteiger partial charge < -0.3 is 4.74 Å². The molecule has 18 heavy (non-hydrogen) atoms. The minimum atomic E-state index is -0.796. The molecule has 0 aliphatic carbocycles. The Morgan fingerprint density at radius 3 is 2.78 bits per heavy atom. The first-order valence-electron chi connectivity index (χ1n) is 5.73. The zero-order valence-corrected chi connectivity index (χ0v) is 10.6. The molecule has 5 nitrogen and oxygen atoms in total. The summed E-state index contributed by atoms with van der Waals surface area (Å²) in [6.07, 6.45) is 0. The molecule has 6 heteroatoms. The van der Waals surface area contributed by atoms with E-state index in [4.69, 9.17) is 4.74 Å². The lowest BCUT2D eigenvalue weighted by molar-refractivity contribution is -0.387. The normalized spacial score (nSPS) is 10.9.